The zero-order valence-electron chi connectivity index (χ0n) is 8.60. The molecule has 0 fully saturated rings. The maximum atomic E-state index is 3.49. The Morgan fingerprint density at radius 3 is 2.50 bits per heavy atom. The Bertz CT molecular complexity index is 626. The number of fused-ring (bicyclic) bond motifs is 1. The smallest absolute Gasteiger partial charge is 0.0529 e. The first kappa shape index (κ1) is 9.67. The molecule has 0 saturated heterocycles. The first-order valence-electron chi connectivity index (χ1n) is 5.17. The van der Waals surface area contributed by atoms with Crippen molar-refractivity contribution in [1.29, 1.82) is 0 Å². The van der Waals surface area contributed by atoms with Gasteiger partial charge in [0.15, 0.2) is 0 Å². The van der Waals surface area contributed by atoms with Gasteiger partial charge < -0.3 is 4.57 Å². The Kier molecular flexibility index (Phi) is 2.29. The van der Waals surface area contributed by atoms with Gasteiger partial charge in [-0.1, -0.05) is 34.1 Å². The Hall–Kier alpha value is -1.54. The number of benzene rings is 2. The van der Waals surface area contributed by atoms with E-state index in [1.807, 2.05) is 6.07 Å². The fourth-order valence-electron chi connectivity index (χ4n) is 1.93. The molecule has 3 rings (SSSR count). The molecule has 0 saturated carbocycles. The summed E-state index contributed by atoms with van der Waals surface area (Å²) in [5, 5.41) is 1.25. The van der Waals surface area contributed by atoms with Crippen LogP contribution >= 0.6 is 15.9 Å². The summed E-state index contributed by atoms with van der Waals surface area (Å²) in [5.74, 6) is 0. The first-order valence-corrected chi connectivity index (χ1v) is 5.96. The van der Waals surface area contributed by atoms with Crippen molar-refractivity contribution in [3.05, 3.63) is 65.3 Å². The minimum Gasteiger partial charge on any atom is -0.317 e. The third kappa shape index (κ3) is 1.55. The minimum atomic E-state index is 1.12. The van der Waals surface area contributed by atoms with E-state index in [1.54, 1.807) is 0 Å². The molecule has 0 aliphatic carbocycles. The molecule has 0 spiro atoms. The van der Waals surface area contributed by atoms with Crippen LogP contribution in [0, 0.1) is 0 Å². The maximum Gasteiger partial charge on any atom is 0.0529 e. The van der Waals surface area contributed by atoms with Gasteiger partial charge in [0.1, 0.15) is 0 Å². The van der Waals surface area contributed by atoms with E-state index in [4.69, 9.17) is 0 Å². The summed E-state index contributed by atoms with van der Waals surface area (Å²) in [6.45, 7) is 0. The molecular formula is C14H10BrN. The molecule has 1 aromatic heterocycles. The van der Waals surface area contributed by atoms with Gasteiger partial charge in [0.25, 0.3) is 0 Å². The Balaban J connectivity index is 2.26. The van der Waals surface area contributed by atoms with Crippen molar-refractivity contribution in [2.24, 2.45) is 0 Å². The Morgan fingerprint density at radius 2 is 1.69 bits per heavy atom. The predicted octanol–water partition coefficient (Wildman–Crippen LogP) is 4.39. The molecule has 0 amide bonds. The molecule has 3 aromatic rings. The lowest BCUT2D eigenvalue weighted by atomic mass is 10.2. The van der Waals surface area contributed by atoms with Crippen molar-refractivity contribution in [2.75, 3.05) is 0 Å². The van der Waals surface area contributed by atoms with Crippen LogP contribution in [0.3, 0.4) is 0 Å². The van der Waals surface area contributed by atoms with Crippen LogP contribution in [0.25, 0.3) is 16.6 Å². The zero-order chi connectivity index (χ0) is 11.0. The molecule has 16 heavy (non-hydrogen) atoms. The highest BCUT2D eigenvalue weighted by atomic mass is 79.9. The lowest BCUT2D eigenvalue weighted by Crippen LogP contribution is -1.90. The highest BCUT2D eigenvalue weighted by molar-refractivity contribution is 9.10. The average Bonchev–Trinajstić information content (AvgIpc) is 2.73. The number of rotatable bonds is 1. The summed E-state index contributed by atoms with van der Waals surface area (Å²) in [5.41, 5.74) is 2.43. The Morgan fingerprint density at radius 1 is 0.875 bits per heavy atom. The molecule has 1 nitrogen and oxygen atoms in total. The van der Waals surface area contributed by atoms with E-state index in [0.717, 1.165) is 4.47 Å². The molecule has 1 heterocycles. The van der Waals surface area contributed by atoms with Gasteiger partial charge in [0, 0.05) is 21.7 Å². The molecule has 0 radical (unpaired) electrons. The quantitative estimate of drug-likeness (QED) is 0.619. The van der Waals surface area contributed by atoms with Crippen LogP contribution in [0.5, 0.6) is 0 Å². The van der Waals surface area contributed by atoms with Gasteiger partial charge in [-0.25, -0.2) is 0 Å². The number of aromatic nitrogens is 1. The maximum absolute atomic E-state index is 3.49. The Labute approximate surface area is 102 Å². The topological polar surface area (TPSA) is 4.93 Å². The lowest BCUT2D eigenvalue weighted by Gasteiger charge is -2.04. The number of para-hydroxylation sites is 1. The second-order valence-electron chi connectivity index (χ2n) is 3.72. The van der Waals surface area contributed by atoms with Gasteiger partial charge in [-0.15, -0.1) is 0 Å². The molecule has 2 aromatic carbocycles. The monoisotopic (exact) mass is 271 g/mol. The van der Waals surface area contributed by atoms with Crippen LogP contribution in [0.4, 0.5) is 0 Å². The molecule has 0 aliphatic rings. The van der Waals surface area contributed by atoms with Crippen LogP contribution in [0.2, 0.25) is 0 Å². The standard InChI is InChI=1S/C14H10BrN/c15-12-6-7-14-11(10-12)8-9-16(14)13-4-2-1-3-5-13/h1-10H. The fourth-order valence-corrected chi connectivity index (χ4v) is 2.31. The van der Waals surface area contributed by atoms with Gasteiger partial charge in [0.05, 0.1) is 5.52 Å². The second-order valence-corrected chi connectivity index (χ2v) is 4.64. The first-order chi connectivity index (χ1) is 7.84. The van der Waals surface area contributed by atoms with E-state index in [2.05, 4.69) is 75.2 Å². The van der Waals surface area contributed by atoms with Crippen molar-refractivity contribution in [1.82, 2.24) is 4.57 Å². The number of hydrogen-bond donors (Lipinski definition) is 0. The molecule has 78 valence electrons. The third-order valence-electron chi connectivity index (χ3n) is 2.69. The van der Waals surface area contributed by atoms with Crippen molar-refractivity contribution in [3.63, 3.8) is 0 Å². The number of halogens is 1. The third-order valence-corrected chi connectivity index (χ3v) is 3.18. The zero-order valence-corrected chi connectivity index (χ0v) is 10.2. The predicted molar refractivity (Wildman–Crippen MR) is 71.0 cm³/mol. The van der Waals surface area contributed by atoms with Gasteiger partial charge in [-0.05, 0) is 36.4 Å². The summed E-state index contributed by atoms with van der Waals surface area (Å²) < 4.78 is 3.31. The molecule has 0 unspecified atom stereocenters. The van der Waals surface area contributed by atoms with Crippen molar-refractivity contribution in [2.45, 2.75) is 0 Å². The van der Waals surface area contributed by atoms with E-state index >= 15 is 0 Å². The van der Waals surface area contributed by atoms with Gasteiger partial charge in [0.2, 0.25) is 0 Å². The normalized spacial score (nSPS) is 10.8. The fraction of sp³-hybridized carbons (Fsp3) is 0. The summed E-state index contributed by atoms with van der Waals surface area (Å²) in [6, 6.07) is 18.8. The molecule has 0 N–H and O–H groups in total. The van der Waals surface area contributed by atoms with Crippen LogP contribution in [-0.2, 0) is 0 Å². The molecule has 0 atom stereocenters. The van der Waals surface area contributed by atoms with E-state index in [1.165, 1.54) is 16.6 Å². The van der Waals surface area contributed by atoms with Gasteiger partial charge >= 0.3 is 0 Å². The van der Waals surface area contributed by atoms with Gasteiger partial charge in [-0.3, -0.25) is 0 Å². The summed E-state index contributed by atoms with van der Waals surface area (Å²) in [4.78, 5) is 0. The van der Waals surface area contributed by atoms with Crippen molar-refractivity contribution >= 4 is 26.8 Å². The second kappa shape index (κ2) is 3.80. The van der Waals surface area contributed by atoms with Crippen LogP contribution in [0.15, 0.2) is 65.3 Å². The van der Waals surface area contributed by atoms with E-state index in [9.17, 15) is 0 Å². The highest BCUT2D eigenvalue weighted by Gasteiger charge is 2.02. The molecular weight excluding hydrogens is 262 g/mol. The summed E-state index contributed by atoms with van der Waals surface area (Å²) in [6.07, 6.45) is 2.10. The highest BCUT2D eigenvalue weighted by Crippen LogP contribution is 2.23. The number of nitrogens with zero attached hydrogens (tertiary/aromatic N) is 1. The minimum absolute atomic E-state index is 1.12. The van der Waals surface area contributed by atoms with Crippen LogP contribution in [0.1, 0.15) is 0 Å². The largest absolute Gasteiger partial charge is 0.317 e. The summed E-state index contributed by atoms with van der Waals surface area (Å²) >= 11 is 3.49. The van der Waals surface area contributed by atoms with E-state index < -0.39 is 0 Å². The van der Waals surface area contributed by atoms with Crippen molar-refractivity contribution in [3.8, 4) is 5.69 Å². The van der Waals surface area contributed by atoms with Crippen LogP contribution < -0.4 is 0 Å². The van der Waals surface area contributed by atoms with E-state index in [-0.39, 0.29) is 0 Å². The number of hydrogen-bond acceptors (Lipinski definition) is 0. The molecule has 2 heteroatoms. The van der Waals surface area contributed by atoms with Gasteiger partial charge in [-0.2, -0.15) is 0 Å². The average molecular weight is 272 g/mol. The molecule has 0 aliphatic heterocycles. The summed E-state index contributed by atoms with van der Waals surface area (Å²) in [7, 11) is 0. The SMILES string of the molecule is Brc1ccc2c(ccn2-c2ccccc2)c1. The van der Waals surface area contributed by atoms with Crippen molar-refractivity contribution < 1.29 is 0 Å². The molecule has 0 bridgehead atoms. The van der Waals surface area contributed by atoms with E-state index in [0.29, 0.717) is 0 Å². The lowest BCUT2D eigenvalue weighted by molar-refractivity contribution is 1.13. The van der Waals surface area contributed by atoms with Crippen LogP contribution in [-0.4, -0.2) is 4.57 Å².